The molecule has 0 bridgehead atoms. The SMILES string of the molecule is CCCCCCC(C)(C)COCC1CO1. The Morgan fingerprint density at radius 2 is 2.00 bits per heavy atom. The van der Waals surface area contributed by atoms with Gasteiger partial charge in [-0.15, -0.1) is 0 Å². The summed E-state index contributed by atoms with van der Waals surface area (Å²) in [5.41, 5.74) is 0.336. The molecule has 0 N–H and O–H groups in total. The minimum Gasteiger partial charge on any atom is -0.378 e. The minimum absolute atomic E-state index is 0.336. The summed E-state index contributed by atoms with van der Waals surface area (Å²) in [5, 5.41) is 0. The third-order valence-electron chi connectivity index (χ3n) is 2.91. The van der Waals surface area contributed by atoms with Crippen molar-refractivity contribution in [2.45, 2.75) is 59.0 Å². The zero-order valence-corrected chi connectivity index (χ0v) is 10.6. The highest BCUT2D eigenvalue weighted by atomic mass is 16.6. The monoisotopic (exact) mass is 214 g/mol. The van der Waals surface area contributed by atoms with Gasteiger partial charge in [0.1, 0.15) is 6.10 Å². The molecule has 0 aliphatic carbocycles. The van der Waals surface area contributed by atoms with Crippen molar-refractivity contribution in [2.24, 2.45) is 5.41 Å². The molecule has 1 fully saturated rings. The Kier molecular flexibility index (Phi) is 5.62. The van der Waals surface area contributed by atoms with Crippen LogP contribution in [0.15, 0.2) is 0 Å². The van der Waals surface area contributed by atoms with E-state index >= 15 is 0 Å². The van der Waals surface area contributed by atoms with Crippen molar-refractivity contribution < 1.29 is 9.47 Å². The Morgan fingerprint density at radius 1 is 1.27 bits per heavy atom. The van der Waals surface area contributed by atoms with Crippen LogP contribution in [0.2, 0.25) is 0 Å². The van der Waals surface area contributed by atoms with Gasteiger partial charge in [0.2, 0.25) is 0 Å². The molecule has 1 atom stereocenters. The fraction of sp³-hybridized carbons (Fsp3) is 1.00. The predicted octanol–water partition coefficient (Wildman–Crippen LogP) is 3.40. The topological polar surface area (TPSA) is 21.8 Å². The molecule has 1 saturated heterocycles. The van der Waals surface area contributed by atoms with Crippen molar-refractivity contribution in [2.75, 3.05) is 19.8 Å². The van der Waals surface area contributed by atoms with Gasteiger partial charge in [0.25, 0.3) is 0 Å². The standard InChI is InChI=1S/C13H26O2/c1-4-5-6-7-8-13(2,3)11-14-9-12-10-15-12/h12H,4-11H2,1-3H3. The van der Waals surface area contributed by atoms with Crippen LogP contribution in [0, 0.1) is 5.41 Å². The van der Waals surface area contributed by atoms with Gasteiger partial charge < -0.3 is 9.47 Å². The summed E-state index contributed by atoms with van der Waals surface area (Å²) in [6, 6.07) is 0. The van der Waals surface area contributed by atoms with Crippen LogP contribution in [0.4, 0.5) is 0 Å². The van der Waals surface area contributed by atoms with E-state index < -0.39 is 0 Å². The van der Waals surface area contributed by atoms with Crippen molar-refractivity contribution in [3.05, 3.63) is 0 Å². The lowest BCUT2D eigenvalue weighted by molar-refractivity contribution is 0.0474. The molecule has 1 heterocycles. The largest absolute Gasteiger partial charge is 0.378 e. The summed E-state index contributed by atoms with van der Waals surface area (Å²) in [7, 11) is 0. The van der Waals surface area contributed by atoms with E-state index in [0.717, 1.165) is 19.8 Å². The molecular formula is C13H26O2. The zero-order valence-electron chi connectivity index (χ0n) is 10.6. The summed E-state index contributed by atoms with van der Waals surface area (Å²) >= 11 is 0. The maximum Gasteiger partial charge on any atom is 0.104 e. The number of unbranched alkanes of at least 4 members (excludes halogenated alkanes) is 3. The van der Waals surface area contributed by atoms with Crippen molar-refractivity contribution in [3.8, 4) is 0 Å². The van der Waals surface area contributed by atoms with Crippen LogP contribution in [0.5, 0.6) is 0 Å². The van der Waals surface area contributed by atoms with Gasteiger partial charge in [0, 0.05) is 0 Å². The molecule has 2 nitrogen and oxygen atoms in total. The Labute approximate surface area is 94.3 Å². The fourth-order valence-electron chi connectivity index (χ4n) is 1.73. The lowest BCUT2D eigenvalue weighted by Crippen LogP contribution is -2.20. The molecule has 1 aliphatic rings. The molecule has 1 aliphatic heterocycles. The van der Waals surface area contributed by atoms with Crippen LogP contribution < -0.4 is 0 Å². The number of hydrogen-bond acceptors (Lipinski definition) is 2. The quantitative estimate of drug-likeness (QED) is 0.433. The van der Waals surface area contributed by atoms with Crippen LogP contribution in [-0.2, 0) is 9.47 Å². The van der Waals surface area contributed by atoms with Crippen LogP contribution >= 0.6 is 0 Å². The van der Waals surface area contributed by atoms with Crippen molar-refractivity contribution in [1.29, 1.82) is 0 Å². The third-order valence-corrected chi connectivity index (χ3v) is 2.91. The van der Waals surface area contributed by atoms with E-state index in [1.807, 2.05) is 0 Å². The first kappa shape index (κ1) is 13.0. The minimum atomic E-state index is 0.336. The molecular weight excluding hydrogens is 188 g/mol. The Balaban J connectivity index is 1.96. The van der Waals surface area contributed by atoms with E-state index in [2.05, 4.69) is 20.8 Å². The molecule has 0 spiro atoms. The first-order valence-corrected chi connectivity index (χ1v) is 6.33. The Bertz CT molecular complexity index is 162. The molecule has 0 amide bonds. The molecule has 1 unspecified atom stereocenters. The normalized spacial score (nSPS) is 20.6. The van der Waals surface area contributed by atoms with Crippen molar-refractivity contribution in [3.63, 3.8) is 0 Å². The van der Waals surface area contributed by atoms with E-state index in [4.69, 9.17) is 9.47 Å². The van der Waals surface area contributed by atoms with Gasteiger partial charge in [-0.1, -0.05) is 46.5 Å². The van der Waals surface area contributed by atoms with E-state index in [1.54, 1.807) is 0 Å². The van der Waals surface area contributed by atoms with Gasteiger partial charge in [-0.2, -0.15) is 0 Å². The van der Waals surface area contributed by atoms with Gasteiger partial charge in [-0.3, -0.25) is 0 Å². The molecule has 0 aromatic rings. The average Bonchev–Trinajstić information content (AvgIpc) is 2.96. The molecule has 15 heavy (non-hydrogen) atoms. The van der Waals surface area contributed by atoms with Crippen LogP contribution in [0.1, 0.15) is 52.9 Å². The molecule has 90 valence electrons. The van der Waals surface area contributed by atoms with Crippen LogP contribution in [0.3, 0.4) is 0 Å². The lowest BCUT2D eigenvalue weighted by Gasteiger charge is -2.24. The third kappa shape index (κ3) is 6.91. The van der Waals surface area contributed by atoms with E-state index in [-0.39, 0.29) is 0 Å². The van der Waals surface area contributed by atoms with Crippen LogP contribution in [0.25, 0.3) is 0 Å². The molecule has 0 radical (unpaired) electrons. The number of hydrogen-bond donors (Lipinski definition) is 0. The molecule has 2 heteroatoms. The summed E-state index contributed by atoms with van der Waals surface area (Å²) in [4.78, 5) is 0. The first-order chi connectivity index (χ1) is 7.14. The number of ether oxygens (including phenoxy) is 2. The first-order valence-electron chi connectivity index (χ1n) is 6.33. The van der Waals surface area contributed by atoms with Crippen molar-refractivity contribution in [1.82, 2.24) is 0 Å². The van der Waals surface area contributed by atoms with Crippen LogP contribution in [-0.4, -0.2) is 25.9 Å². The van der Waals surface area contributed by atoms with Gasteiger partial charge in [0.05, 0.1) is 19.8 Å². The second-order valence-electron chi connectivity index (χ2n) is 5.45. The molecule has 1 rings (SSSR count). The summed E-state index contributed by atoms with van der Waals surface area (Å²) < 4.78 is 10.8. The summed E-state index contributed by atoms with van der Waals surface area (Å²) in [6.07, 6.45) is 7.07. The highest BCUT2D eigenvalue weighted by Crippen LogP contribution is 2.24. The van der Waals surface area contributed by atoms with Gasteiger partial charge in [-0.25, -0.2) is 0 Å². The second-order valence-corrected chi connectivity index (χ2v) is 5.45. The number of epoxide rings is 1. The van der Waals surface area contributed by atoms with E-state index in [0.29, 0.717) is 11.5 Å². The van der Waals surface area contributed by atoms with Crippen molar-refractivity contribution >= 4 is 0 Å². The smallest absolute Gasteiger partial charge is 0.104 e. The van der Waals surface area contributed by atoms with E-state index in [9.17, 15) is 0 Å². The average molecular weight is 214 g/mol. The van der Waals surface area contributed by atoms with Gasteiger partial charge in [-0.05, 0) is 11.8 Å². The highest BCUT2D eigenvalue weighted by molar-refractivity contribution is 4.71. The summed E-state index contributed by atoms with van der Waals surface area (Å²) in [6.45, 7) is 9.41. The Hall–Kier alpha value is -0.0800. The molecule has 0 aromatic carbocycles. The van der Waals surface area contributed by atoms with Gasteiger partial charge >= 0.3 is 0 Å². The lowest BCUT2D eigenvalue weighted by atomic mass is 9.88. The maximum atomic E-state index is 5.65. The Morgan fingerprint density at radius 3 is 2.60 bits per heavy atom. The van der Waals surface area contributed by atoms with Gasteiger partial charge in [0.15, 0.2) is 0 Å². The zero-order chi connectivity index (χ0) is 11.1. The predicted molar refractivity (Wildman–Crippen MR) is 63.1 cm³/mol. The number of rotatable bonds is 9. The fourth-order valence-corrected chi connectivity index (χ4v) is 1.73. The summed E-state index contributed by atoms with van der Waals surface area (Å²) in [5.74, 6) is 0. The maximum absolute atomic E-state index is 5.65. The second kappa shape index (κ2) is 6.49. The van der Waals surface area contributed by atoms with E-state index in [1.165, 1.54) is 32.1 Å². The molecule has 0 aromatic heterocycles. The highest BCUT2D eigenvalue weighted by Gasteiger charge is 2.24. The molecule has 0 saturated carbocycles.